The number of carbonyl (C=O) groups is 2. The average molecular weight is 472 g/mol. The van der Waals surface area contributed by atoms with Crippen molar-refractivity contribution in [2.24, 2.45) is 28.6 Å². The molecule has 0 saturated heterocycles. The molecule has 4 rings (SSSR count). The lowest BCUT2D eigenvalue weighted by Gasteiger charge is -2.62. The monoisotopic (exact) mass is 472 g/mol. The highest BCUT2D eigenvalue weighted by atomic mass is 31.2. The molecule has 0 amide bonds. The molecule has 0 aliphatic heterocycles. The highest BCUT2D eigenvalue weighted by molar-refractivity contribution is 7.46. The first-order valence-electron chi connectivity index (χ1n) is 10.9. The number of hydrogen-bond donors (Lipinski definition) is 4. The minimum atomic E-state index is -4.93. The topological polar surface area (TPSA) is 141 Å². The number of carbonyl (C=O) groups excluding carboxylic acids is 2. The highest BCUT2D eigenvalue weighted by Crippen LogP contribution is 2.70. The summed E-state index contributed by atoms with van der Waals surface area (Å²) in [5.41, 5.74) is -5.88. The van der Waals surface area contributed by atoms with Crippen molar-refractivity contribution in [2.45, 2.75) is 63.8 Å². The fourth-order valence-electron chi connectivity index (χ4n) is 7.39. The van der Waals surface area contributed by atoms with E-state index in [1.807, 2.05) is 0 Å². The van der Waals surface area contributed by atoms with E-state index in [0.717, 1.165) is 0 Å². The Labute approximate surface area is 185 Å². The molecule has 0 bridgehead atoms. The predicted octanol–water partition coefficient (Wildman–Crippen LogP) is 2.01. The van der Waals surface area contributed by atoms with E-state index in [9.17, 15) is 24.4 Å². The molecule has 178 valence electrons. The minimum absolute atomic E-state index is 0.211. The second-order valence-electron chi connectivity index (χ2n) is 10.4. The van der Waals surface area contributed by atoms with Crippen molar-refractivity contribution in [3.8, 4) is 0 Å². The van der Waals surface area contributed by atoms with Crippen LogP contribution < -0.4 is 0 Å². The van der Waals surface area contributed by atoms with Crippen molar-refractivity contribution in [2.75, 3.05) is 6.61 Å². The number of hydrogen-bond acceptors (Lipinski definition) is 6. The Kier molecular flexibility index (Phi) is 5.34. The normalized spacial score (nSPS) is 48.0. The van der Waals surface area contributed by atoms with E-state index in [2.05, 4.69) is 4.52 Å². The summed E-state index contributed by atoms with van der Waals surface area (Å²) in [6.07, 6.45) is 3.70. The second-order valence-corrected chi connectivity index (χ2v) is 11.6. The van der Waals surface area contributed by atoms with Gasteiger partial charge in [-0.3, -0.25) is 14.1 Å². The predicted molar refractivity (Wildman–Crippen MR) is 111 cm³/mol. The van der Waals surface area contributed by atoms with Gasteiger partial charge >= 0.3 is 7.82 Å². The molecule has 0 aromatic heterocycles. The van der Waals surface area contributed by atoms with Gasteiger partial charge in [0, 0.05) is 16.7 Å². The Morgan fingerprint density at radius 1 is 1.31 bits per heavy atom. The number of allylic oxidation sites excluding steroid dienone is 4. The van der Waals surface area contributed by atoms with Gasteiger partial charge in [0.2, 0.25) is 0 Å². The van der Waals surface area contributed by atoms with Crippen LogP contribution in [-0.2, 0) is 18.7 Å². The molecule has 0 unspecified atom stereocenters. The number of Topliss-reactive ketones (excluding diaryl/α,β-unsaturated/α-hetero) is 1. The number of phosphoric ester groups is 1. The molecule has 0 spiro atoms. The third-order valence-corrected chi connectivity index (χ3v) is 9.48. The van der Waals surface area contributed by atoms with Crippen molar-refractivity contribution in [1.82, 2.24) is 0 Å². The molecule has 8 nitrogen and oxygen atoms in total. The maximum Gasteiger partial charge on any atom is 0.470 e. The number of ketones is 2. The van der Waals surface area contributed by atoms with Crippen molar-refractivity contribution < 1.29 is 43.1 Å². The van der Waals surface area contributed by atoms with Gasteiger partial charge in [0.1, 0.15) is 12.2 Å². The number of alkyl halides is 1. The summed E-state index contributed by atoms with van der Waals surface area (Å²) in [5.74, 6) is -2.87. The van der Waals surface area contributed by atoms with Gasteiger partial charge in [0.15, 0.2) is 17.2 Å². The third kappa shape index (κ3) is 2.95. The zero-order valence-corrected chi connectivity index (χ0v) is 19.2. The molecule has 32 heavy (non-hydrogen) atoms. The first kappa shape index (κ1) is 23.9. The van der Waals surface area contributed by atoms with Crippen LogP contribution in [0.4, 0.5) is 4.39 Å². The Balaban J connectivity index is 1.74. The number of aliphatic hydroxyl groups is 2. The van der Waals surface area contributed by atoms with Crippen LogP contribution in [0.5, 0.6) is 0 Å². The molecule has 4 aliphatic rings. The maximum atomic E-state index is 17.0. The van der Waals surface area contributed by atoms with E-state index in [1.165, 1.54) is 18.2 Å². The SMILES string of the molecule is C[C@H]1C[C@@H]2[C@H]3CCC4=CC(=O)C=C[C@]4(C)[C@@]3(F)[C@@H](O)C[C@]2(C)[C@@]1(O)C(=O)COP(=O)(O)O. The van der Waals surface area contributed by atoms with Crippen LogP contribution in [0.1, 0.15) is 46.5 Å². The summed E-state index contributed by atoms with van der Waals surface area (Å²) in [4.78, 5) is 42.8. The van der Waals surface area contributed by atoms with Crippen LogP contribution in [-0.4, -0.2) is 55.5 Å². The van der Waals surface area contributed by atoms with Crippen molar-refractivity contribution >= 4 is 19.4 Å². The first-order valence-corrected chi connectivity index (χ1v) is 12.4. The molecule has 0 heterocycles. The summed E-state index contributed by atoms with van der Waals surface area (Å²) in [6, 6.07) is 0. The van der Waals surface area contributed by atoms with Crippen LogP contribution in [0.25, 0.3) is 0 Å². The molecule has 3 fully saturated rings. The van der Waals surface area contributed by atoms with E-state index in [0.29, 0.717) is 24.8 Å². The largest absolute Gasteiger partial charge is 0.470 e. The Hall–Kier alpha value is -1.22. The molecule has 8 atom stereocenters. The quantitative estimate of drug-likeness (QED) is 0.456. The summed E-state index contributed by atoms with van der Waals surface area (Å²) >= 11 is 0. The van der Waals surface area contributed by atoms with Crippen molar-refractivity contribution in [1.29, 1.82) is 0 Å². The molecule has 10 heteroatoms. The Bertz CT molecular complexity index is 973. The van der Waals surface area contributed by atoms with Gasteiger partial charge in [-0.25, -0.2) is 8.96 Å². The standard InChI is InChI=1S/C22H30FO8P/c1-12-8-16-15-5-4-13-9-14(24)6-7-19(13,2)21(15,23)17(25)10-20(16,3)22(12,27)18(26)11-31-32(28,29)30/h6-7,9,12,15-17,25,27H,4-5,8,10-11H2,1-3H3,(H2,28,29,30)/t12-,15+,16+,17-,19-,20-,21-,22-/m0/s1. The Morgan fingerprint density at radius 2 is 1.97 bits per heavy atom. The van der Waals surface area contributed by atoms with E-state index < -0.39 is 66.2 Å². The van der Waals surface area contributed by atoms with E-state index in [1.54, 1.807) is 20.8 Å². The second kappa shape index (κ2) is 7.14. The maximum absolute atomic E-state index is 17.0. The third-order valence-electron chi connectivity index (χ3n) is 9.01. The van der Waals surface area contributed by atoms with Crippen molar-refractivity contribution in [3.05, 3.63) is 23.8 Å². The summed E-state index contributed by atoms with van der Waals surface area (Å²) in [5, 5.41) is 22.8. The van der Waals surface area contributed by atoms with Gasteiger partial charge in [-0.1, -0.05) is 25.5 Å². The van der Waals surface area contributed by atoms with Crippen LogP contribution in [0, 0.1) is 28.6 Å². The summed E-state index contributed by atoms with van der Waals surface area (Å²) < 4.78 is 32.5. The molecule has 3 saturated carbocycles. The molecular weight excluding hydrogens is 442 g/mol. The summed E-state index contributed by atoms with van der Waals surface area (Å²) in [6.45, 7) is 4.00. The zero-order chi connectivity index (χ0) is 23.9. The number of rotatable bonds is 4. The van der Waals surface area contributed by atoms with Crippen LogP contribution >= 0.6 is 7.82 Å². The van der Waals surface area contributed by atoms with Gasteiger partial charge in [-0.2, -0.15) is 0 Å². The van der Waals surface area contributed by atoms with Gasteiger partial charge in [0.05, 0.1) is 6.10 Å². The fourth-order valence-corrected chi connectivity index (χ4v) is 7.68. The lowest BCUT2D eigenvalue weighted by Crippen LogP contribution is -2.69. The van der Waals surface area contributed by atoms with E-state index >= 15 is 4.39 Å². The number of halogens is 1. The molecule has 0 radical (unpaired) electrons. The summed E-state index contributed by atoms with van der Waals surface area (Å²) in [7, 11) is -4.93. The van der Waals surface area contributed by atoms with Gasteiger partial charge < -0.3 is 20.0 Å². The van der Waals surface area contributed by atoms with Crippen LogP contribution in [0.3, 0.4) is 0 Å². The number of aliphatic hydroxyl groups excluding tert-OH is 1. The molecular formula is C22H30FO8P. The van der Waals surface area contributed by atoms with E-state index in [-0.39, 0.29) is 12.2 Å². The highest BCUT2D eigenvalue weighted by Gasteiger charge is 2.75. The van der Waals surface area contributed by atoms with Crippen molar-refractivity contribution in [3.63, 3.8) is 0 Å². The molecule has 0 aromatic carbocycles. The smallest absolute Gasteiger partial charge is 0.390 e. The van der Waals surface area contributed by atoms with Gasteiger partial charge in [0.25, 0.3) is 0 Å². The van der Waals surface area contributed by atoms with E-state index in [4.69, 9.17) is 9.79 Å². The van der Waals surface area contributed by atoms with Crippen LogP contribution in [0.15, 0.2) is 23.8 Å². The van der Waals surface area contributed by atoms with Crippen LogP contribution in [0.2, 0.25) is 0 Å². The first-order chi connectivity index (χ1) is 14.6. The zero-order valence-electron chi connectivity index (χ0n) is 18.3. The lowest BCUT2D eigenvalue weighted by molar-refractivity contribution is -0.219. The fraction of sp³-hybridized carbons (Fsp3) is 0.727. The minimum Gasteiger partial charge on any atom is -0.390 e. The molecule has 0 aromatic rings. The molecule has 4 aliphatic carbocycles. The Morgan fingerprint density at radius 3 is 2.59 bits per heavy atom. The van der Waals surface area contributed by atoms with Gasteiger partial charge in [-0.15, -0.1) is 0 Å². The molecule has 4 N–H and O–H groups in total. The number of fused-ring (bicyclic) bond motifs is 5. The average Bonchev–Trinajstić information content (AvgIpc) is 2.89. The lowest BCUT2D eigenvalue weighted by atomic mass is 9.44. The number of phosphoric acid groups is 1. The van der Waals surface area contributed by atoms with Gasteiger partial charge in [-0.05, 0) is 56.6 Å².